The second kappa shape index (κ2) is 8.11. The largest absolute Gasteiger partial charge is 0.460 e. The Labute approximate surface area is 143 Å². The number of carbonyl (C=O) groups is 1. The van der Waals surface area contributed by atoms with Crippen molar-refractivity contribution in [2.45, 2.75) is 43.8 Å². The van der Waals surface area contributed by atoms with E-state index in [2.05, 4.69) is 12.1 Å². The molecule has 0 unspecified atom stereocenters. The smallest absolute Gasteiger partial charge is 0.340 e. The standard InChI is InChI=1S/C21H24O3/c1-23-20(17-12-6-3-7-13-17)21(22)24-19-15-9-8-14-18(19)16-10-4-2-5-11-16/h2-7,10-13,18-20H,8-9,14-15H2,1H3/t18-,19+,20-/m1/s1. The molecule has 0 amide bonds. The molecule has 0 aliphatic heterocycles. The number of rotatable bonds is 5. The molecule has 0 N–H and O–H groups in total. The highest BCUT2D eigenvalue weighted by Gasteiger charge is 2.32. The lowest BCUT2D eigenvalue weighted by Gasteiger charge is -2.32. The van der Waals surface area contributed by atoms with Crippen molar-refractivity contribution in [2.24, 2.45) is 0 Å². The molecule has 2 aromatic rings. The third-order valence-corrected chi connectivity index (χ3v) is 4.75. The first-order chi connectivity index (χ1) is 11.8. The lowest BCUT2D eigenvalue weighted by atomic mass is 9.81. The lowest BCUT2D eigenvalue weighted by Crippen LogP contribution is -2.31. The van der Waals surface area contributed by atoms with Gasteiger partial charge in [0, 0.05) is 13.0 Å². The molecule has 0 aromatic heterocycles. The molecular formula is C21H24O3. The van der Waals surface area contributed by atoms with Crippen molar-refractivity contribution < 1.29 is 14.3 Å². The van der Waals surface area contributed by atoms with Gasteiger partial charge in [0.05, 0.1) is 0 Å². The average Bonchev–Trinajstić information content (AvgIpc) is 2.64. The van der Waals surface area contributed by atoms with Crippen molar-refractivity contribution in [3.8, 4) is 0 Å². The molecule has 3 atom stereocenters. The second-order valence-electron chi connectivity index (χ2n) is 6.30. The van der Waals surface area contributed by atoms with E-state index in [0.717, 1.165) is 24.8 Å². The Bertz CT molecular complexity index is 639. The van der Waals surface area contributed by atoms with Crippen molar-refractivity contribution in [1.29, 1.82) is 0 Å². The average molecular weight is 324 g/mol. The summed E-state index contributed by atoms with van der Waals surface area (Å²) >= 11 is 0. The van der Waals surface area contributed by atoms with E-state index >= 15 is 0 Å². The van der Waals surface area contributed by atoms with Gasteiger partial charge in [-0.2, -0.15) is 0 Å². The Morgan fingerprint density at radius 3 is 2.25 bits per heavy atom. The molecule has 1 aliphatic rings. The summed E-state index contributed by atoms with van der Waals surface area (Å²) in [5.74, 6) is -0.0197. The molecule has 0 radical (unpaired) electrons. The second-order valence-corrected chi connectivity index (χ2v) is 6.30. The van der Waals surface area contributed by atoms with Crippen LogP contribution >= 0.6 is 0 Å². The highest BCUT2D eigenvalue weighted by molar-refractivity contribution is 5.76. The SMILES string of the molecule is CO[C@@H](C(=O)O[C@H]1CCCC[C@@H]1c1ccccc1)c1ccccc1. The van der Waals surface area contributed by atoms with Crippen LogP contribution in [0.1, 0.15) is 48.8 Å². The first kappa shape index (κ1) is 16.7. The fraction of sp³-hybridized carbons (Fsp3) is 0.381. The molecule has 126 valence electrons. The maximum absolute atomic E-state index is 12.7. The number of hydrogen-bond donors (Lipinski definition) is 0. The first-order valence-electron chi connectivity index (χ1n) is 8.63. The minimum Gasteiger partial charge on any atom is -0.460 e. The number of esters is 1. The van der Waals surface area contributed by atoms with Crippen LogP contribution in [-0.4, -0.2) is 19.2 Å². The Hall–Kier alpha value is -2.13. The summed E-state index contributed by atoms with van der Waals surface area (Å²) in [7, 11) is 1.55. The highest BCUT2D eigenvalue weighted by atomic mass is 16.6. The number of ether oxygens (including phenoxy) is 2. The van der Waals surface area contributed by atoms with E-state index in [0.29, 0.717) is 0 Å². The summed E-state index contributed by atoms with van der Waals surface area (Å²) in [5.41, 5.74) is 2.08. The Balaban J connectivity index is 1.74. The van der Waals surface area contributed by atoms with Gasteiger partial charge in [-0.3, -0.25) is 0 Å². The van der Waals surface area contributed by atoms with Gasteiger partial charge in [-0.05, 0) is 30.4 Å². The van der Waals surface area contributed by atoms with Crippen molar-refractivity contribution in [1.82, 2.24) is 0 Å². The van der Waals surface area contributed by atoms with Crippen LogP contribution in [0.5, 0.6) is 0 Å². The third-order valence-electron chi connectivity index (χ3n) is 4.75. The van der Waals surface area contributed by atoms with Gasteiger partial charge in [-0.15, -0.1) is 0 Å². The molecule has 0 spiro atoms. The van der Waals surface area contributed by atoms with Crippen molar-refractivity contribution in [3.05, 3.63) is 71.8 Å². The number of hydrogen-bond acceptors (Lipinski definition) is 3. The van der Waals surface area contributed by atoms with E-state index < -0.39 is 6.10 Å². The Morgan fingerprint density at radius 1 is 0.958 bits per heavy atom. The molecule has 3 heteroatoms. The molecule has 3 nitrogen and oxygen atoms in total. The van der Waals surface area contributed by atoms with Crippen molar-refractivity contribution in [3.63, 3.8) is 0 Å². The monoisotopic (exact) mass is 324 g/mol. The molecule has 1 fully saturated rings. The van der Waals surface area contributed by atoms with Crippen LogP contribution in [0.25, 0.3) is 0 Å². The summed E-state index contributed by atoms with van der Waals surface area (Å²) in [6.45, 7) is 0. The zero-order chi connectivity index (χ0) is 16.8. The van der Waals surface area contributed by atoms with Crippen LogP contribution < -0.4 is 0 Å². The fourth-order valence-corrected chi connectivity index (χ4v) is 3.53. The van der Waals surface area contributed by atoms with Crippen LogP contribution in [0.4, 0.5) is 0 Å². The van der Waals surface area contributed by atoms with Gasteiger partial charge >= 0.3 is 5.97 Å². The molecule has 1 aliphatic carbocycles. The Morgan fingerprint density at radius 2 is 1.58 bits per heavy atom. The van der Waals surface area contributed by atoms with E-state index in [1.54, 1.807) is 7.11 Å². The minimum absolute atomic E-state index is 0.0741. The topological polar surface area (TPSA) is 35.5 Å². The van der Waals surface area contributed by atoms with E-state index in [1.165, 1.54) is 12.0 Å². The van der Waals surface area contributed by atoms with Gasteiger partial charge in [0.1, 0.15) is 6.10 Å². The molecule has 3 rings (SSSR count). The van der Waals surface area contributed by atoms with E-state index in [1.807, 2.05) is 48.5 Å². The van der Waals surface area contributed by atoms with Crippen molar-refractivity contribution >= 4 is 5.97 Å². The number of benzene rings is 2. The van der Waals surface area contributed by atoms with Crippen LogP contribution in [-0.2, 0) is 14.3 Å². The normalized spacial score (nSPS) is 21.9. The summed E-state index contributed by atoms with van der Waals surface area (Å²) in [6, 6.07) is 19.9. The zero-order valence-electron chi connectivity index (χ0n) is 14.1. The lowest BCUT2D eigenvalue weighted by molar-refractivity contribution is -0.164. The molecule has 2 aromatic carbocycles. The summed E-state index contributed by atoms with van der Waals surface area (Å²) < 4.78 is 11.3. The zero-order valence-corrected chi connectivity index (χ0v) is 14.1. The quantitative estimate of drug-likeness (QED) is 0.751. The molecular weight excluding hydrogens is 300 g/mol. The fourth-order valence-electron chi connectivity index (χ4n) is 3.53. The number of methoxy groups -OCH3 is 1. The molecule has 0 bridgehead atoms. The van der Waals surface area contributed by atoms with Crippen LogP contribution in [0.2, 0.25) is 0 Å². The van der Waals surface area contributed by atoms with Gasteiger partial charge < -0.3 is 9.47 Å². The summed E-state index contributed by atoms with van der Waals surface area (Å²) in [6.07, 6.45) is 3.52. The van der Waals surface area contributed by atoms with Crippen LogP contribution in [0.3, 0.4) is 0 Å². The molecule has 1 saturated carbocycles. The predicted molar refractivity (Wildman–Crippen MR) is 93.7 cm³/mol. The highest BCUT2D eigenvalue weighted by Crippen LogP contribution is 2.36. The van der Waals surface area contributed by atoms with E-state index in [4.69, 9.17) is 9.47 Å². The maximum atomic E-state index is 12.7. The summed E-state index contributed by atoms with van der Waals surface area (Å²) in [4.78, 5) is 12.7. The van der Waals surface area contributed by atoms with E-state index in [9.17, 15) is 4.79 Å². The molecule has 0 saturated heterocycles. The van der Waals surface area contributed by atoms with Crippen molar-refractivity contribution in [2.75, 3.05) is 7.11 Å². The van der Waals surface area contributed by atoms with E-state index in [-0.39, 0.29) is 18.0 Å². The molecule has 24 heavy (non-hydrogen) atoms. The minimum atomic E-state index is -0.662. The summed E-state index contributed by atoms with van der Waals surface area (Å²) in [5, 5.41) is 0. The van der Waals surface area contributed by atoms with Gasteiger partial charge in [-0.1, -0.05) is 67.1 Å². The van der Waals surface area contributed by atoms with Crippen LogP contribution in [0.15, 0.2) is 60.7 Å². The van der Waals surface area contributed by atoms with Gasteiger partial charge in [0.2, 0.25) is 0 Å². The van der Waals surface area contributed by atoms with Crippen LogP contribution in [0, 0.1) is 0 Å². The maximum Gasteiger partial charge on any atom is 0.340 e. The first-order valence-corrected chi connectivity index (χ1v) is 8.63. The predicted octanol–water partition coefficient (Wildman–Crippen LogP) is 4.64. The van der Waals surface area contributed by atoms with Gasteiger partial charge in [-0.25, -0.2) is 4.79 Å². The number of carbonyl (C=O) groups excluding carboxylic acids is 1. The van der Waals surface area contributed by atoms with Gasteiger partial charge in [0.15, 0.2) is 6.10 Å². The van der Waals surface area contributed by atoms with Gasteiger partial charge in [0.25, 0.3) is 0 Å². The molecule has 0 heterocycles. The third kappa shape index (κ3) is 3.85. The Kier molecular flexibility index (Phi) is 5.65.